The molecule has 2 heteroatoms. The molecule has 0 atom stereocenters. The lowest BCUT2D eigenvalue weighted by atomic mass is 10.2. The van der Waals surface area contributed by atoms with Crippen LogP contribution in [0.25, 0.3) is 0 Å². The Morgan fingerprint density at radius 3 is 2.31 bits per heavy atom. The number of allylic oxidation sites excluding steroid dienone is 4. The van der Waals surface area contributed by atoms with Crippen molar-refractivity contribution in [2.45, 2.75) is 34.1 Å². The van der Waals surface area contributed by atoms with Gasteiger partial charge in [0.05, 0.1) is 0 Å². The van der Waals surface area contributed by atoms with Gasteiger partial charge in [-0.2, -0.15) is 0 Å². The second-order valence-electron chi connectivity index (χ2n) is 3.25. The molecule has 0 saturated heterocycles. The summed E-state index contributed by atoms with van der Waals surface area (Å²) in [4.78, 5) is 0. The van der Waals surface area contributed by atoms with Crippen LogP contribution < -0.4 is 5.32 Å². The van der Waals surface area contributed by atoms with Crippen LogP contribution in [-0.2, 0) is 0 Å². The van der Waals surface area contributed by atoms with Crippen molar-refractivity contribution >= 4 is 5.71 Å². The van der Waals surface area contributed by atoms with Crippen LogP contribution in [0.3, 0.4) is 0 Å². The Labute approximate surface area is 81.2 Å². The van der Waals surface area contributed by atoms with Crippen LogP contribution in [0.2, 0.25) is 0 Å². The van der Waals surface area contributed by atoms with Crippen molar-refractivity contribution in [3.05, 3.63) is 23.4 Å². The van der Waals surface area contributed by atoms with Crippen LogP contribution in [0.4, 0.5) is 0 Å². The van der Waals surface area contributed by atoms with Gasteiger partial charge in [-0.15, -0.1) is 0 Å². The zero-order valence-electron chi connectivity index (χ0n) is 9.07. The van der Waals surface area contributed by atoms with Gasteiger partial charge in [0.25, 0.3) is 0 Å². The van der Waals surface area contributed by atoms with Crippen molar-refractivity contribution in [3.8, 4) is 0 Å². The Morgan fingerprint density at radius 1 is 1.23 bits per heavy atom. The lowest BCUT2D eigenvalue weighted by Crippen LogP contribution is -2.11. The molecule has 0 amide bonds. The SMILES string of the molecule is CCCN/C(C)=C/C=C(/C)C(C)=N. The van der Waals surface area contributed by atoms with Crippen molar-refractivity contribution in [1.82, 2.24) is 5.32 Å². The number of nitrogens with one attached hydrogen (secondary N) is 2. The molecule has 0 spiro atoms. The maximum atomic E-state index is 7.36. The molecule has 74 valence electrons. The highest BCUT2D eigenvalue weighted by atomic mass is 14.9. The second-order valence-corrected chi connectivity index (χ2v) is 3.25. The van der Waals surface area contributed by atoms with Gasteiger partial charge in [-0.3, -0.25) is 0 Å². The molecule has 0 radical (unpaired) electrons. The zero-order valence-corrected chi connectivity index (χ0v) is 9.07. The van der Waals surface area contributed by atoms with Gasteiger partial charge in [0.2, 0.25) is 0 Å². The topological polar surface area (TPSA) is 35.9 Å². The molecular weight excluding hydrogens is 160 g/mol. The molecule has 0 heterocycles. The number of hydrogen-bond acceptors (Lipinski definition) is 2. The minimum absolute atomic E-state index is 0.625. The highest BCUT2D eigenvalue weighted by Crippen LogP contribution is 1.97. The number of rotatable bonds is 5. The van der Waals surface area contributed by atoms with E-state index in [1.165, 1.54) is 0 Å². The molecule has 0 aromatic rings. The molecule has 0 aliphatic heterocycles. The van der Waals surface area contributed by atoms with Crippen molar-refractivity contribution in [1.29, 1.82) is 5.41 Å². The van der Waals surface area contributed by atoms with Gasteiger partial charge in [0, 0.05) is 18.0 Å². The van der Waals surface area contributed by atoms with Gasteiger partial charge < -0.3 is 10.7 Å². The fraction of sp³-hybridized carbons (Fsp3) is 0.545. The molecule has 0 bridgehead atoms. The largest absolute Gasteiger partial charge is 0.389 e. The summed E-state index contributed by atoms with van der Waals surface area (Å²) in [6.07, 6.45) is 5.13. The first-order chi connectivity index (χ1) is 6.07. The smallest absolute Gasteiger partial charge is 0.0312 e. The zero-order chi connectivity index (χ0) is 10.3. The molecule has 0 aliphatic rings. The van der Waals surface area contributed by atoms with Crippen LogP contribution in [0.15, 0.2) is 23.4 Å². The van der Waals surface area contributed by atoms with Gasteiger partial charge in [-0.1, -0.05) is 13.0 Å². The fourth-order valence-corrected chi connectivity index (χ4v) is 0.756. The van der Waals surface area contributed by atoms with Crippen LogP contribution >= 0.6 is 0 Å². The van der Waals surface area contributed by atoms with Crippen LogP contribution in [-0.4, -0.2) is 12.3 Å². The molecule has 0 unspecified atom stereocenters. The molecule has 0 saturated carbocycles. The predicted molar refractivity (Wildman–Crippen MR) is 59.2 cm³/mol. The molecule has 2 nitrogen and oxygen atoms in total. The standard InChI is InChI=1S/C11H20N2/c1-5-8-13-10(3)7-6-9(2)11(4)12/h6-7,12-13H,5,8H2,1-4H3/b9-6-,10-7+,12-11?. The van der Waals surface area contributed by atoms with Crippen molar-refractivity contribution in [2.24, 2.45) is 0 Å². The van der Waals surface area contributed by atoms with E-state index < -0.39 is 0 Å². The molecule has 13 heavy (non-hydrogen) atoms. The quantitative estimate of drug-likeness (QED) is 0.495. The van der Waals surface area contributed by atoms with Gasteiger partial charge in [-0.25, -0.2) is 0 Å². The third kappa shape index (κ3) is 6.14. The summed E-state index contributed by atoms with van der Waals surface area (Å²) in [5.74, 6) is 0. The maximum absolute atomic E-state index is 7.36. The average Bonchev–Trinajstić information content (AvgIpc) is 2.10. The Kier molecular flexibility index (Phi) is 5.94. The Morgan fingerprint density at radius 2 is 1.85 bits per heavy atom. The average molecular weight is 180 g/mol. The van der Waals surface area contributed by atoms with E-state index in [9.17, 15) is 0 Å². The van der Waals surface area contributed by atoms with E-state index in [0.717, 1.165) is 24.2 Å². The molecule has 0 aromatic heterocycles. The Balaban J connectivity index is 4.08. The van der Waals surface area contributed by atoms with Crippen LogP contribution in [0, 0.1) is 5.41 Å². The van der Waals surface area contributed by atoms with Crippen molar-refractivity contribution < 1.29 is 0 Å². The summed E-state index contributed by atoms with van der Waals surface area (Å²) in [6.45, 7) is 8.95. The highest BCUT2D eigenvalue weighted by Gasteiger charge is 1.89. The lowest BCUT2D eigenvalue weighted by Gasteiger charge is -2.02. The van der Waals surface area contributed by atoms with E-state index in [1.54, 1.807) is 6.92 Å². The summed E-state index contributed by atoms with van der Waals surface area (Å²) in [6, 6.07) is 0. The summed E-state index contributed by atoms with van der Waals surface area (Å²) in [5, 5.41) is 10.6. The first kappa shape index (κ1) is 11.9. The molecular formula is C11H20N2. The van der Waals surface area contributed by atoms with Crippen LogP contribution in [0.5, 0.6) is 0 Å². The summed E-state index contributed by atoms with van der Waals surface area (Å²) >= 11 is 0. The number of hydrogen-bond donors (Lipinski definition) is 2. The van der Waals surface area contributed by atoms with E-state index in [-0.39, 0.29) is 0 Å². The predicted octanol–water partition coefficient (Wildman–Crippen LogP) is 2.88. The summed E-state index contributed by atoms with van der Waals surface area (Å²) in [5.41, 5.74) is 2.79. The first-order valence-corrected chi connectivity index (χ1v) is 4.72. The normalized spacial score (nSPS) is 12.9. The molecule has 0 aromatic carbocycles. The summed E-state index contributed by atoms with van der Waals surface area (Å²) in [7, 11) is 0. The van der Waals surface area contributed by atoms with Gasteiger partial charge in [-0.05, 0) is 38.8 Å². The highest BCUT2D eigenvalue weighted by molar-refractivity contribution is 5.95. The van der Waals surface area contributed by atoms with Gasteiger partial charge in [0.15, 0.2) is 0 Å². The summed E-state index contributed by atoms with van der Waals surface area (Å²) < 4.78 is 0. The molecule has 0 aliphatic carbocycles. The maximum Gasteiger partial charge on any atom is 0.0312 e. The Hall–Kier alpha value is -1.05. The fourth-order valence-electron chi connectivity index (χ4n) is 0.756. The minimum Gasteiger partial charge on any atom is -0.389 e. The van der Waals surface area contributed by atoms with Gasteiger partial charge in [0.1, 0.15) is 0 Å². The monoisotopic (exact) mass is 180 g/mol. The van der Waals surface area contributed by atoms with Crippen molar-refractivity contribution in [2.75, 3.05) is 6.54 Å². The minimum atomic E-state index is 0.625. The van der Waals surface area contributed by atoms with E-state index in [2.05, 4.69) is 12.2 Å². The molecule has 0 rings (SSSR count). The Bertz CT molecular complexity index is 224. The third-order valence-electron chi connectivity index (χ3n) is 1.83. The molecule has 2 N–H and O–H groups in total. The van der Waals surface area contributed by atoms with Crippen molar-refractivity contribution in [3.63, 3.8) is 0 Å². The van der Waals surface area contributed by atoms with E-state index >= 15 is 0 Å². The first-order valence-electron chi connectivity index (χ1n) is 4.72. The molecule has 0 fully saturated rings. The van der Waals surface area contributed by atoms with E-state index in [4.69, 9.17) is 5.41 Å². The third-order valence-corrected chi connectivity index (χ3v) is 1.83. The van der Waals surface area contributed by atoms with Gasteiger partial charge >= 0.3 is 0 Å². The van der Waals surface area contributed by atoms with Crippen LogP contribution in [0.1, 0.15) is 34.1 Å². The second kappa shape index (κ2) is 6.46. The van der Waals surface area contributed by atoms with E-state index in [1.807, 2.05) is 26.0 Å². The van der Waals surface area contributed by atoms with E-state index in [0.29, 0.717) is 5.71 Å². The lowest BCUT2D eigenvalue weighted by molar-refractivity contribution is 0.770.